The molecule has 0 amide bonds. The predicted molar refractivity (Wildman–Crippen MR) is 48.3 cm³/mol. The van der Waals surface area contributed by atoms with E-state index in [0.717, 1.165) is 0 Å². The van der Waals surface area contributed by atoms with Crippen molar-refractivity contribution in [1.29, 1.82) is 0 Å². The lowest BCUT2D eigenvalue weighted by Crippen LogP contribution is -2.15. The predicted octanol–water partition coefficient (Wildman–Crippen LogP) is 1.04. The van der Waals surface area contributed by atoms with Gasteiger partial charge in [-0.3, -0.25) is 9.78 Å². The number of ketones is 1. The van der Waals surface area contributed by atoms with E-state index in [2.05, 4.69) is 20.9 Å². The number of hydrogen-bond donors (Lipinski definition) is 1. The highest BCUT2D eigenvalue weighted by molar-refractivity contribution is 9.10. The van der Waals surface area contributed by atoms with Gasteiger partial charge in [-0.2, -0.15) is 0 Å². The van der Waals surface area contributed by atoms with Crippen LogP contribution >= 0.6 is 15.9 Å². The zero-order valence-electron chi connectivity index (χ0n) is 6.53. The molecule has 0 aromatic carbocycles. The number of pyridine rings is 1. The van der Waals surface area contributed by atoms with Gasteiger partial charge in [0.25, 0.3) is 0 Å². The van der Waals surface area contributed by atoms with E-state index in [9.17, 15) is 9.59 Å². The molecule has 1 N–H and O–H groups in total. The third-order valence-corrected chi connectivity index (χ3v) is 2.12. The van der Waals surface area contributed by atoms with Crippen molar-refractivity contribution in [3.8, 4) is 0 Å². The molecule has 0 spiro atoms. The summed E-state index contributed by atoms with van der Waals surface area (Å²) in [5, 5.41) is 8.34. The third-order valence-electron chi connectivity index (χ3n) is 1.40. The standard InChI is InChI=1S/C8H6BrNO3/c9-5-2-1-3-10-6(5)4-7(11)8(12)13/h1-3H,4H2,(H,12,13). The minimum absolute atomic E-state index is 0.184. The fourth-order valence-electron chi connectivity index (χ4n) is 0.776. The van der Waals surface area contributed by atoms with Gasteiger partial charge in [-0.15, -0.1) is 0 Å². The van der Waals surface area contributed by atoms with Crippen LogP contribution in [0, 0.1) is 0 Å². The highest BCUT2D eigenvalue weighted by Crippen LogP contribution is 2.13. The highest BCUT2D eigenvalue weighted by Gasteiger charge is 2.14. The third kappa shape index (κ3) is 2.62. The van der Waals surface area contributed by atoms with Gasteiger partial charge in [0.15, 0.2) is 0 Å². The number of Topliss-reactive ketones (excluding diaryl/α,β-unsaturated/α-hetero) is 1. The Kier molecular flexibility index (Phi) is 3.13. The minimum atomic E-state index is -1.43. The number of carbonyl (C=O) groups is 2. The van der Waals surface area contributed by atoms with E-state index in [1.54, 1.807) is 12.1 Å². The molecule has 1 aromatic rings. The Labute approximate surface area is 82.7 Å². The Balaban J connectivity index is 2.81. The molecule has 0 fully saturated rings. The molecule has 13 heavy (non-hydrogen) atoms. The Morgan fingerprint density at radius 2 is 2.23 bits per heavy atom. The van der Waals surface area contributed by atoms with Gasteiger partial charge < -0.3 is 5.11 Å². The second-order valence-electron chi connectivity index (χ2n) is 2.34. The Morgan fingerprint density at radius 1 is 1.54 bits per heavy atom. The van der Waals surface area contributed by atoms with Crippen molar-refractivity contribution in [2.45, 2.75) is 6.42 Å². The van der Waals surface area contributed by atoms with Crippen molar-refractivity contribution >= 4 is 27.7 Å². The molecule has 0 unspecified atom stereocenters. The van der Waals surface area contributed by atoms with Gasteiger partial charge in [0, 0.05) is 10.7 Å². The first kappa shape index (κ1) is 9.85. The molecule has 0 saturated heterocycles. The first-order chi connectivity index (χ1) is 6.11. The summed E-state index contributed by atoms with van der Waals surface area (Å²) in [6.07, 6.45) is 1.33. The summed E-state index contributed by atoms with van der Waals surface area (Å²) in [6, 6.07) is 3.40. The van der Waals surface area contributed by atoms with E-state index in [0.29, 0.717) is 10.2 Å². The van der Waals surface area contributed by atoms with Gasteiger partial charge in [-0.1, -0.05) is 0 Å². The fraction of sp³-hybridized carbons (Fsp3) is 0.125. The number of carboxylic acid groups (broad SMARTS) is 1. The number of halogens is 1. The smallest absolute Gasteiger partial charge is 0.372 e. The molecule has 1 aromatic heterocycles. The number of hydrogen-bond acceptors (Lipinski definition) is 3. The molecular weight excluding hydrogens is 238 g/mol. The molecule has 0 aliphatic heterocycles. The molecule has 0 saturated carbocycles. The van der Waals surface area contributed by atoms with Gasteiger partial charge in [0.05, 0.1) is 12.1 Å². The molecule has 1 rings (SSSR count). The quantitative estimate of drug-likeness (QED) is 0.806. The van der Waals surface area contributed by atoms with Crippen LogP contribution in [0.2, 0.25) is 0 Å². The SMILES string of the molecule is O=C(O)C(=O)Cc1ncccc1Br. The first-order valence-electron chi connectivity index (χ1n) is 3.47. The maximum absolute atomic E-state index is 10.8. The number of carboxylic acids is 1. The van der Waals surface area contributed by atoms with E-state index in [4.69, 9.17) is 5.11 Å². The lowest BCUT2D eigenvalue weighted by molar-refractivity contribution is -0.148. The molecule has 4 nitrogen and oxygen atoms in total. The lowest BCUT2D eigenvalue weighted by Gasteiger charge is -1.98. The molecular formula is C8H6BrNO3. The van der Waals surface area contributed by atoms with Crippen molar-refractivity contribution in [2.24, 2.45) is 0 Å². The van der Waals surface area contributed by atoms with Crippen LogP contribution in [0.5, 0.6) is 0 Å². The summed E-state index contributed by atoms with van der Waals surface area (Å²) in [5.74, 6) is -2.29. The van der Waals surface area contributed by atoms with E-state index in [1.807, 2.05) is 0 Å². The summed E-state index contributed by atoms with van der Waals surface area (Å²) in [6.45, 7) is 0. The van der Waals surface area contributed by atoms with E-state index >= 15 is 0 Å². The van der Waals surface area contributed by atoms with E-state index in [1.165, 1.54) is 6.20 Å². The molecule has 0 bridgehead atoms. The summed E-state index contributed by atoms with van der Waals surface area (Å²) in [4.78, 5) is 24.9. The van der Waals surface area contributed by atoms with Gasteiger partial charge in [-0.05, 0) is 28.1 Å². The van der Waals surface area contributed by atoms with Crippen LogP contribution in [0.4, 0.5) is 0 Å². The van der Waals surface area contributed by atoms with Crippen LogP contribution < -0.4 is 0 Å². The number of carbonyl (C=O) groups excluding carboxylic acids is 1. The Morgan fingerprint density at radius 3 is 2.77 bits per heavy atom. The van der Waals surface area contributed by atoms with E-state index < -0.39 is 11.8 Å². The monoisotopic (exact) mass is 243 g/mol. The maximum Gasteiger partial charge on any atom is 0.372 e. The summed E-state index contributed by atoms with van der Waals surface area (Å²) < 4.78 is 0.643. The molecule has 1 heterocycles. The normalized spacial score (nSPS) is 9.62. The zero-order valence-corrected chi connectivity index (χ0v) is 8.11. The van der Waals surface area contributed by atoms with Crippen molar-refractivity contribution in [3.05, 3.63) is 28.5 Å². The summed E-state index contributed by atoms with van der Waals surface area (Å²) in [7, 11) is 0. The molecule has 0 aliphatic carbocycles. The van der Waals surface area contributed by atoms with Gasteiger partial charge in [0.1, 0.15) is 0 Å². The topological polar surface area (TPSA) is 67.3 Å². The highest BCUT2D eigenvalue weighted by atomic mass is 79.9. The molecule has 0 radical (unpaired) electrons. The first-order valence-corrected chi connectivity index (χ1v) is 4.26. The zero-order chi connectivity index (χ0) is 9.84. The number of aromatic nitrogens is 1. The average molecular weight is 244 g/mol. The number of aliphatic carboxylic acids is 1. The van der Waals surface area contributed by atoms with Crippen LogP contribution in [0.1, 0.15) is 5.69 Å². The second-order valence-corrected chi connectivity index (χ2v) is 3.19. The molecule has 0 aliphatic rings. The minimum Gasteiger partial charge on any atom is -0.475 e. The van der Waals surface area contributed by atoms with Crippen LogP contribution in [0.3, 0.4) is 0 Å². The van der Waals surface area contributed by atoms with Crippen molar-refractivity contribution in [2.75, 3.05) is 0 Å². The second kappa shape index (κ2) is 4.13. The Hall–Kier alpha value is -1.23. The maximum atomic E-state index is 10.8. The lowest BCUT2D eigenvalue weighted by atomic mass is 10.2. The fourth-order valence-corrected chi connectivity index (χ4v) is 1.17. The number of nitrogens with zero attached hydrogens (tertiary/aromatic N) is 1. The van der Waals surface area contributed by atoms with Crippen LogP contribution in [-0.2, 0) is 16.0 Å². The van der Waals surface area contributed by atoms with Crippen LogP contribution in [-0.4, -0.2) is 21.8 Å². The van der Waals surface area contributed by atoms with Gasteiger partial charge >= 0.3 is 5.97 Å². The average Bonchev–Trinajstić information content (AvgIpc) is 2.08. The van der Waals surface area contributed by atoms with Crippen molar-refractivity contribution in [1.82, 2.24) is 4.98 Å². The summed E-state index contributed by atoms with van der Waals surface area (Å²) in [5.41, 5.74) is 0.440. The van der Waals surface area contributed by atoms with E-state index in [-0.39, 0.29) is 6.42 Å². The molecule has 5 heteroatoms. The van der Waals surface area contributed by atoms with Gasteiger partial charge in [-0.25, -0.2) is 4.79 Å². The van der Waals surface area contributed by atoms with Crippen molar-refractivity contribution in [3.63, 3.8) is 0 Å². The van der Waals surface area contributed by atoms with Gasteiger partial charge in [0.2, 0.25) is 5.78 Å². The Bertz CT molecular complexity index is 351. The van der Waals surface area contributed by atoms with Crippen LogP contribution in [0.15, 0.2) is 22.8 Å². The van der Waals surface area contributed by atoms with Crippen molar-refractivity contribution < 1.29 is 14.7 Å². The molecule has 68 valence electrons. The van der Waals surface area contributed by atoms with Crippen LogP contribution in [0.25, 0.3) is 0 Å². The molecule has 0 atom stereocenters. The summed E-state index contributed by atoms with van der Waals surface area (Å²) >= 11 is 3.17. The largest absolute Gasteiger partial charge is 0.475 e. The number of rotatable bonds is 3.